The topological polar surface area (TPSA) is 80.7 Å². The van der Waals surface area contributed by atoms with E-state index in [4.69, 9.17) is 21.1 Å². The molecular formula is C37H44ClFN2O4. The number of aryl methyl sites for hydroxylation is 1. The molecule has 1 heterocycles. The molecule has 6 nitrogen and oxygen atoms in total. The maximum absolute atomic E-state index is 15.1. The number of anilines is 1. The summed E-state index contributed by atoms with van der Waals surface area (Å²) in [6.07, 6.45) is 9.05. The van der Waals surface area contributed by atoms with Gasteiger partial charge in [0.25, 0.3) is 0 Å². The van der Waals surface area contributed by atoms with Gasteiger partial charge in [0.1, 0.15) is 11.3 Å². The molecule has 2 aromatic carbocycles. The first-order chi connectivity index (χ1) is 21.6. The highest BCUT2D eigenvalue weighted by Gasteiger charge is 2.54. The van der Waals surface area contributed by atoms with Crippen molar-refractivity contribution in [1.82, 2.24) is 4.98 Å². The number of pyridine rings is 1. The Morgan fingerprint density at radius 2 is 1.96 bits per heavy atom. The van der Waals surface area contributed by atoms with Gasteiger partial charge in [-0.15, -0.1) is 0 Å². The van der Waals surface area contributed by atoms with Crippen molar-refractivity contribution >= 4 is 23.3 Å². The van der Waals surface area contributed by atoms with E-state index in [-0.39, 0.29) is 28.8 Å². The zero-order chi connectivity index (χ0) is 31.8. The maximum atomic E-state index is 15.1. The molecule has 3 aromatic rings. The summed E-state index contributed by atoms with van der Waals surface area (Å²) in [6.45, 7) is 7.30. The van der Waals surface area contributed by atoms with Gasteiger partial charge in [-0.05, 0) is 135 Å². The van der Waals surface area contributed by atoms with E-state index in [2.05, 4.69) is 24.1 Å². The molecule has 0 bridgehead atoms. The number of hydrogen-bond donors (Lipinski definition) is 2. The van der Waals surface area contributed by atoms with Crippen LogP contribution in [0.15, 0.2) is 48.7 Å². The summed E-state index contributed by atoms with van der Waals surface area (Å²) in [7, 11) is 0. The summed E-state index contributed by atoms with van der Waals surface area (Å²) in [6, 6.07) is 12.8. The number of rotatable bonds is 10. The van der Waals surface area contributed by atoms with Crippen molar-refractivity contribution in [3.63, 3.8) is 0 Å². The van der Waals surface area contributed by atoms with E-state index in [0.29, 0.717) is 55.5 Å². The van der Waals surface area contributed by atoms with E-state index in [1.54, 1.807) is 18.2 Å². The van der Waals surface area contributed by atoms with Gasteiger partial charge >= 0.3 is 5.97 Å². The van der Waals surface area contributed by atoms with Crippen LogP contribution in [-0.4, -0.2) is 34.8 Å². The lowest BCUT2D eigenvalue weighted by atomic mass is 9.59. The van der Waals surface area contributed by atoms with Crippen molar-refractivity contribution in [3.05, 3.63) is 81.9 Å². The molecule has 6 rings (SSSR count). The predicted octanol–water partition coefficient (Wildman–Crippen LogP) is 8.74. The van der Waals surface area contributed by atoms with Gasteiger partial charge < -0.3 is 19.9 Å². The summed E-state index contributed by atoms with van der Waals surface area (Å²) >= 11 is 6.23. The molecule has 0 amide bonds. The molecule has 3 aliphatic rings. The second-order valence-electron chi connectivity index (χ2n) is 13.6. The third-order valence-corrected chi connectivity index (χ3v) is 10.9. The Morgan fingerprint density at radius 3 is 2.69 bits per heavy atom. The molecule has 2 N–H and O–H groups in total. The molecule has 3 atom stereocenters. The largest absolute Gasteiger partial charge is 0.493 e. The number of carboxylic acid groups (broad SMARTS) is 1. The van der Waals surface area contributed by atoms with Crippen LogP contribution in [0.4, 0.5) is 10.1 Å². The minimum Gasteiger partial charge on any atom is -0.493 e. The second-order valence-corrected chi connectivity index (χ2v) is 14.0. The Morgan fingerprint density at radius 1 is 1.16 bits per heavy atom. The highest BCUT2D eigenvalue weighted by atomic mass is 35.5. The van der Waals surface area contributed by atoms with Crippen LogP contribution in [0.2, 0.25) is 5.02 Å². The fourth-order valence-corrected chi connectivity index (χ4v) is 8.56. The van der Waals surface area contributed by atoms with E-state index >= 15 is 4.39 Å². The molecule has 0 radical (unpaired) electrons. The fourth-order valence-electron chi connectivity index (χ4n) is 8.37. The smallest absolute Gasteiger partial charge is 0.329 e. The Hall–Kier alpha value is -3.32. The number of carboxylic acids is 1. The number of aliphatic carboxylic acids is 1. The van der Waals surface area contributed by atoms with Crippen LogP contribution < -0.4 is 14.8 Å². The molecule has 0 saturated heterocycles. The average molecular weight is 635 g/mol. The summed E-state index contributed by atoms with van der Waals surface area (Å²) in [5, 5.41) is 14.4. The maximum Gasteiger partial charge on any atom is 0.329 e. The molecule has 1 fully saturated rings. The molecule has 0 aliphatic heterocycles. The summed E-state index contributed by atoms with van der Waals surface area (Å²) in [5.41, 5.74) is 3.85. The molecule has 8 heteroatoms. The van der Waals surface area contributed by atoms with Crippen molar-refractivity contribution in [3.8, 4) is 11.5 Å². The summed E-state index contributed by atoms with van der Waals surface area (Å²) < 4.78 is 27.3. The highest BCUT2D eigenvalue weighted by Crippen LogP contribution is 2.57. The molecule has 1 aromatic heterocycles. The van der Waals surface area contributed by atoms with Gasteiger partial charge in [0.2, 0.25) is 0 Å². The molecule has 240 valence electrons. The second kappa shape index (κ2) is 12.8. The molecule has 1 spiro atoms. The monoisotopic (exact) mass is 634 g/mol. The number of hydrogen-bond acceptors (Lipinski definition) is 5. The van der Waals surface area contributed by atoms with Gasteiger partial charge in [-0.25, -0.2) is 9.18 Å². The number of nitrogens with one attached hydrogen (secondary N) is 1. The first-order valence-corrected chi connectivity index (χ1v) is 16.9. The lowest BCUT2D eigenvalue weighted by Crippen LogP contribution is -2.53. The van der Waals surface area contributed by atoms with Crippen LogP contribution in [0.25, 0.3) is 0 Å². The van der Waals surface area contributed by atoms with Crippen LogP contribution in [0.3, 0.4) is 0 Å². The van der Waals surface area contributed by atoms with E-state index in [1.807, 2.05) is 37.4 Å². The van der Waals surface area contributed by atoms with Gasteiger partial charge in [0, 0.05) is 28.2 Å². The summed E-state index contributed by atoms with van der Waals surface area (Å²) in [5.74, 6) is 0.934. The third kappa shape index (κ3) is 6.13. The normalized spacial score (nSPS) is 26.2. The van der Waals surface area contributed by atoms with Crippen molar-refractivity contribution in [2.24, 2.45) is 11.8 Å². The van der Waals surface area contributed by atoms with Gasteiger partial charge in [0.05, 0.1) is 13.2 Å². The first kappa shape index (κ1) is 31.7. The molecule has 1 unspecified atom stereocenters. The lowest BCUT2D eigenvalue weighted by molar-refractivity contribution is -0.144. The van der Waals surface area contributed by atoms with Gasteiger partial charge in [-0.3, -0.25) is 4.98 Å². The van der Waals surface area contributed by atoms with Crippen molar-refractivity contribution in [2.75, 3.05) is 18.5 Å². The van der Waals surface area contributed by atoms with Crippen LogP contribution in [0, 0.1) is 17.7 Å². The highest BCUT2D eigenvalue weighted by molar-refractivity contribution is 6.30. The zero-order valence-corrected chi connectivity index (χ0v) is 27.3. The standard InChI is InChI=1S/C37H44ClFN2O4/c1-4-44-33-21-29-25(19-30(33)39)18-26(17-23(2)22-45-32-11-16-40-31-10-5-7-24(3)34(31)32)36(29)12-14-37(15-13-36,35(42)43)41-28-9-6-8-27(38)20-28/h6,8-9,11,16,19-21,23-24,26,41H,4-5,7,10,12-15,17-18,22H2,1-3H3,(H,42,43)/t23-,24-,26?,36?,37?/m1/s1. The van der Waals surface area contributed by atoms with Crippen molar-refractivity contribution in [1.29, 1.82) is 0 Å². The van der Waals surface area contributed by atoms with Crippen LogP contribution in [-0.2, 0) is 23.1 Å². The van der Waals surface area contributed by atoms with Crippen molar-refractivity contribution < 1.29 is 23.8 Å². The van der Waals surface area contributed by atoms with Gasteiger partial charge in [-0.2, -0.15) is 0 Å². The number of nitrogens with zero attached hydrogens (tertiary/aromatic N) is 1. The third-order valence-electron chi connectivity index (χ3n) is 10.6. The molecule has 3 aliphatic carbocycles. The SMILES string of the molecule is CCOc1cc2c(cc1F)CC(C[C@@H](C)COc1ccnc3c1[C@H](C)CCC3)C21CCC(Nc2cccc(Cl)c2)(C(=O)O)CC1. The van der Waals surface area contributed by atoms with E-state index in [9.17, 15) is 9.90 Å². The quantitative estimate of drug-likeness (QED) is 0.232. The zero-order valence-electron chi connectivity index (χ0n) is 26.5. The first-order valence-electron chi connectivity index (χ1n) is 16.5. The number of aromatic nitrogens is 1. The number of benzene rings is 2. The lowest BCUT2D eigenvalue weighted by Gasteiger charge is -2.47. The van der Waals surface area contributed by atoms with Crippen LogP contribution in [0.5, 0.6) is 11.5 Å². The van der Waals surface area contributed by atoms with E-state index in [1.165, 1.54) is 5.56 Å². The van der Waals surface area contributed by atoms with Crippen LogP contribution >= 0.6 is 11.6 Å². The van der Waals surface area contributed by atoms with Crippen molar-refractivity contribution in [2.45, 2.75) is 95.4 Å². The van der Waals surface area contributed by atoms with Gasteiger partial charge in [0.15, 0.2) is 11.6 Å². The Balaban J connectivity index is 1.25. The summed E-state index contributed by atoms with van der Waals surface area (Å²) in [4.78, 5) is 17.4. The average Bonchev–Trinajstić information content (AvgIpc) is 3.28. The molecular weight excluding hydrogens is 591 g/mol. The number of fused-ring (bicyclic) bond motifs is 3. The minimum absolute atomic E-state index is 0.227. The Labute approximate surface area is 270 Å². The number of carbonyl (C=O) groups is 1. The Kier molecular flexibility index (Phi) is 9.02. The number of halogens is 2. The molecule has 45 heavy (non-hydrogen) atoms. The van der Waals surface area contributed by atoms with E-state index in [0.717, 1.165) is 54.7 Å². The molecule has 1 saturated carbocycles. The fraction of sp³-hybridized carbons (Fsp3) is 0.514. The van der Waals surface area contributed by atoms with Gasteiger partial charge in [-0.1, -0.05) is 31.5 Å². The Bertz CT molecular complexity index is 1550. The minimum atomic E-state index is -1.11. The predicted molar refractivity (Wildman–Crippen MR) is 175 cm³/mol. The van der Waals surface area contributed by atoms with E-state index < -0.39 is 11.5 Å². The number of ether oxygens (including phenoxy) is 2. The van der Waals surface area contributed by atoms with Crippen LogP contribution in [0.1, 0.15) is 94.0 Å².